The van der Waals surface area contributed by atoms with Gasteiger partial charge in [-0.1, -0.05) is 25.8 Å². The van der Waals surface area contributed by atoms with E-state index in [0.717, 1.165) is 31.2 Å². The molecule has 0 saturated heterocycles. The predicted molar refractivity (Wildman–Crippen MR) is 84.6 cm³/mol. The highest BCUT2D eigenvalue weighted by Gasteiger charge is 2.25. The third-order valence-corrected chi connectivity index (χ3v) is 4.29. The number of nitrogens with one attached hydrogen (secondary N) is 1. The summed E-state index contributed by atoms with van der Waals surface area (Å²) in [6.45, 7) is 5.45. The van der Waals surface area contributed by atoms with Crippen molar-refractivity contribution in [2.24, 2.45) is 5.92 Å². The minimum atomic E-state index is 0.645. The fourth-order valence-electron chi connectivity index (χ4n) is 3.24. The van der Waals surface area contributed by atoms with Crippen LogP contribution >= 0.6 is 0 Å². The molecule has 3 heteroatoms. The van der Waals surface area contributed by atoms with Crippen LogP contribution in [0.1, 0.15) is 44.7 Å². The molecule has 0 aromatic carbocycles. The van der Waals surface area contributed by atoms with E-state index in [1.807, 2.05) is 12.3 Å². The molecule has 1 fully saturated rings. The lowest BCUT2D eigenvalue weighted by molar-refractivity contribution is 0.233. The van der Waals surface area contributed by atoms with Crippen molar-refractivity contribution >= 4 is 0 Å². The fraction of sp³-hybridized carbons (Fsp3) is 0.706. The molecule has 1 aliphatic carbocycles. The van der Waals surface area contributed by atoms with Gasteiger partial charge in [0, 0.05) is 25.3 Å². The zero-order chi connectivity index (χ0) is 14.2. The van der Waals surface area contributed by atoms with Crippen LogP contribution in [-0.2, 0) is 6.54 Å². The SMILES string of the molecule is CCCNC(CN(C)Cc1ccccn1)C1CCCC1. The van der Waals surface area contributed by atoms with Crippen LogP contribution in [0.3, 0.4) is 0 Å². The van der Waals surface area contributed by atoms with Crippen LogP contribution in [-0.4, -0.2) is 36.1 Å². The summed E-state index contributed by atoms with van der Waals surface area (Å²) in [5.41, 5.74) is 1.16. The predicted octanol–water partition coefficient (Wildman–Crippen LogP) is 3.07. The third-order valence-electron chi connectivity index (χ3n) is 4.29. The first kappa shape index (κ1) is 15.5. The average molecular weight is 275 g/mol. The maximum Gasteiger partial charge on any atom is 0.0543 e. The Labute approximate surface area is 123 Å². The van der Waals surface area contributed by atoms with Crippen molar-refractivity contribution < 1.29 is 0 Å². The van der Waals surface area contributed by atoms with E-state index in [1.54, 1.807) is 0 Å². The van der Waals surface area contributed by atoms with E-state index in [0.29, 0.717) is 6.04 Å². The molecule has 0 radical (unpaired) electrons. The van der Waals surface area contributed by atoms with Gasteiger partial charge in [0.1, 0.15) is 0 Å². The Balaban J connectivity index is 1.85. The molecule has 3 nitrogen and oxygen atoms in total. The highest BCUT2D eigenvalue weighted by Crippen LogP contribution is 2.28. The Kier molecular flexibility index (Phi) is 6.48. The van der Waals surface area contributed by atoms with E-state index in [2.05, 4.69) is 41.3 Å². The lowest BCUT2D eigenvalue weighted by Crippen LogP contribution is -2.44. The van der Waals surface area contributed by atoms with E-state index in [9.17, 15) is 0 Å². The van der Waals surface area contributed by atoms with Gasteiger partial charge in [0.25, 0.3) is 0 Å². The molecule has 1 aromatic rings. The zero-order valence-electron chi connectivity index (χ0n) is 13.0. The average Bonchev–Trinajstić information content (AvgIpc) is 2.98. The first-order chi connectivity index (χ1) is 9.79. The maximum atomic E-state index is 4.42. The third kappa shape index (κ3) is 4.88. The van der Waals surface area contributed by atoms with Gasteiger partial charge in [-0.15, -0.1) is 0 Å². The van der Waals surface area contributed by atoms with Gasteiger partial charge in [-0.05, 0) is 50.9 Å². The second kappa shape index (κ2) is 8.38. The lowest BCUT2D eigenvalue weighted by Gasteiger charge is -2.29. The van der Waals surface area contributed by atoms with E-state index >= 15 is 0 Å². The lowest BCUT2D eigenvalue weighted by atomic mass is 9.97. The summed E-state index contributed by atoms with van der Waals surface area (Å²) in [7, 11) is 2.21. The second-order valence-corrected chi connectivity index (χ2v) is 6.12. The summed E-state index contributed by atoms with van der Waals surface area (Å²) >= 11 is 0. The molecular formula is C17H29N3. The molecule has 1 saturated carbocycles. The van der Waals surface area contributed by atoms with Gasteiger partial charge in [0.2, 0.25) is 0 Å². The number of nitrogens with zero attached hydrogens (tertiary/aromatic N) is 2. The van der Waals surface area contributed by atoms with Crippen LogP contribution in [0.5, 0.6) is 0 Å². The molecular weight excluding hydrogens is 246 g/mol. The molecule has 1 atom stereocenters. The van der Waals surface area contributed by atoms with Crippen molar-refractivity contribution in [3.05, 3.63) is 30.1 Å². The van der Waals surface area contributed by atoms with Gasteiger partial charge in [-0.2, -0.15) is 0 Å². The first-order valence-corrected chi connectivity index (χ1v) is 8.11. The van der Waals surface area contributed by atoms with Crippen molar-refractivity contribution in [3.63, 3.8) is 0 Å². The molecule has 0 spiro atoms. The molecule has 1 heterocycles. The smallest absolute Gasteiger partial charge is 0.0543 e. The van der Waals surface area contributed by atoms with E-state index in [-0.39, 0.29) is 0 Å². The van der Waals surface area contributed by atoms with Crippen molar-refractivity contribution in [2.75, 3.05) is 20.1 Å². The maximum absolute atomic E-state index is 4.42. The number of rotatable bonds is 8. The van der Waals surface area contributed by atoms with E-state index in [1.165, 1.54) is 32.1 Å². The van der Waals surface area contributed by atoms with Crippen molar-refractivity contribution in [1.82, 2.24) is 15.2 Å². The highest BCUT2D eigenvalue weighted by atomic mass is 15.1. The van der Waals surface area contributed by atoms with E-state index in [4.69, 9.17) is 0 Å². The van der Waals surface area contributed by atoms with Crippen LogP contribution in [0.4, 0.5) is 0 Å². The van der Waals surface area contributed by atoms with Crippen molar-refractivity contribution in [1.29, 1.82) is 0 Å². The second-order valence-electron chi connectivity index (χ2n) is 6.12. The largest absolute Gasteiger partial charge is 0.312 e. The highest BCUT2D eigenvalue weighted by molar-refractivity contribution is 5.03. The molecule has 1 aromatic heterocycles. The van der Waals surface area contributed by atoms with E-state index < -0.39 is 0 Å². The Morgan fingerprint density at radius 3 is 2.80 bits per heavy atom. The number of aromatic nitrogens is 1. The molecule has 0 bridgehead atoms. The van der Waals surface area contributed by atoms with Gasteiger partial charge < -0.3 is 5.32 Å². The minimum absolute atomic E-state index is 0.645. The first-order valence-electron chi connectivity index (χ1n) is 8.11. The van der Waals surface area contributed by atoms with Crippen molar-refractivity contribution in [3.8, 4) is 0 Å². The van der Waals surface area contributed by atoms with Crippen molar-refractivity contribution in [2.45, 2.75) is 51.6 Å². The zero-order valence-corrected chi connectivity index (χ0v) is 13.0. The number of hydrogen-bond acceptors (Lipinski definition) is 3. The summed E-state index contributed by atoms with van der Waals surface area (Å²) in [5.74, 6) is 0.868. The number of pyridine rings is 1. The fourth-order valence-corrected chi connectivity index (χ4v) is 3.24. The number of likely N-dealkylation sites (N-methyl/N-ethyl adjacent to an activating group) is 1. The van der Waals surface area contributed by atoms with Crippen LogP contribution < -0.4 is 5.32 Å². The summed E-state index contributed by atoms with van der Waals surface area (Å²) in [4.78, 5) is 6.83. The van der Waals surface area contributed by atoms with Gasteiger partial charge in [-0.3, -0.25) is 9.88 Å². The molecule has 0 aliphatic heterocycles. The van der Waals surface area contributed by atoms with Gasteiger partial charge in [0.05, 0.1) is 5.69 Å². The standard InChI is InChI=1S/C17H29N3/c1-3-11-19-17(15-8-4-5-9-15)14-20(2)13-16-10-6-7-12-18-16/h6-7,10,12,15,17,19H,3-5,8-9,11,13-14H2,1-2H3. The topological polar surface area (TPSA) is 28.2 Å². The molecule has 0 amide bonds. The van der Waals surface area contributed by atoms with Gasteiger partial charge in [-0.25, -0.2) is 0 Å². The minimum Gasteiger partial charge on any atom is -0.312 e. The normalized spacial score (nSPS) is 17.8. The van der Waals surface area contributed by atoms with Crippen LogP contribution in [0.2, 0.25) is 0 Å². The summed E-state index contributed by atoms with van der Waals surface area (Å²) < 4.78 is 0. The molecule has 112 valence electrons. The Morgan fingerprint density at radius 2 is 2.15 bits per heavy atom. The van der Waals surface area contributed by atoms with Crippen LogP contribution in [0.25, 0.3) is 0 Å². The molecule has 2 rings (SSSR count). The molecule has 1 aliphatic rings. The number of hydrogen-bond donors (Lipinski definition) is 1. The van der Waals surface area contributed by atoms with Gasteiger partial charge in [0.15, 0.2) is 0 Å². The molecule has 1 unspecified atom stereocenters. The summed E-state index contributed by atoms with van der Waals surface area (Å²) in [5, 5.41) is 3.77. The monoisotopic (exact) mass is 275 g/mol. The summed E-state index contributed by atoms with van der Waals surface area (Å²) in [6, 6.07) is 6.81. The Morgan fingerprint density at radius 1 is 1.35 bits per heavy atom. The Bertz CT molecular complexity index is 360. The summed E-state index contributed by atoms with van der Waals surface area (Å²) in [6.07, 6.45) is 8.73. The molecule has 1 N–H and O–H groups in total. The van der Waals surface area contributed by atoms with Crippen LogP contribution in [0.15, 0.2) is 24.4 Å². The molecule has 20 heavy (non-hydrogen) atoms. The van der Waals surface area contributed by atoms with Gasteiger partial charge >= 0.3 is 0 Å². The van der Waals surface area contributed by atoms with Crippen LogP contribution in [0, 0.1) is 5.92 Å². The quantitative estimate of drug-likeness (QED) is 0.790. The Hall–Kier alpha value is -0.930.